The third-order valence-corrected chi connectivity index (χ3v) is 16.5. The van der Waals surface area contributed by atoms with Gasteiger partial charge in [0.1, 0.15) is 28.5 Å². The van der Waals surface area contributed by atoms with E-state index < -0.39 is 0 Å². The zero-order valence-electron chi connectivity index (χ0n) is 30.5. The van der Waals surface area contributed by atoms with Gasteiger partial charge in [0.25, 0.3) is 0 Å². The maximum atomic E-state index is 11.7. The molecule has 0 aromatic rings. The van der Waals surface area contributed by atoms with Crippen molar-refractivity contribution >= 4 is 49.8 Å². The minimum atomic E-state index is -0.196. The van der Waals surface area contributed by atoms with E-state index in [2.05, 4.69) is 94.2 Å². The summed E-state index contributed by atoms with van der Waals surface area (Å²) in [6.45, 7) is 24.5. The lowest BCUT2D eigenvalue weighted by Crippen LogP contribution is -2.39. The Kier molecular flexibility index (Phi) is 11.0. The first-order valence-corrected chi connectivity index (χ1v) is 20.0. The standard InChI is InChI=1S/C13H21BrO2.C13H22O2.C12H19BrO2/c1-8(14)11(15)16-10-7-9-5-6-13(10,4)12(9,2)3;1-5-11(14)15-10-8-9-6-7-13(10,4)12(9,2)3;1-11(2)8-4-5-12(11,3)9(6-8)15-10(14)7-13/h8-10H,5-7H2,1-4H3;9-10H,5-8H2,1-4H3;8-9H,4-7H2,1-3H3. The average molecular weight is 775 g/mol. The molecule has 6 bridgehead atoms. The minimum Gasteiger partial charge on any atom is -0.462 e. The molecule has 0 radical (unpaired) electrons. The van der Waals surface area contributed by atoms with Gasteiger partial charge in [0, 0.05) is 22.7 Å². The van der Waals surface area contributed by atoms with Gasteiger partial charge >= 0.3 is 17.9 Å². The molecule has 0 aliphatic heterocycles. The lowest BCUT2D eigenvalue weighted by molar-refractivity contribution is -0.157. The van der Waals surface area contributed by atoms with Gasteiger partial charge in [-0.05, 0) is 98.7 Å². The molecule has 0 aromatic heterocycles. The number of carbonyl (C=O) groups is 3. The predicted octanol–water partition coefficient (Wildman–Crippen LogP) is 9.82. The fourth-order valence-electron chi connectivity index (χ4n) is 10.6. The van der Waals surface area contributed by atoms with Crippen molar-refractivity contribution in [2.75, 3.05) is 5.33 Å². The normalized spacial score (nSPS) is 41.9. The Morgan fingerprint density at radius 3 is 1.20 bits per heavy atom. The molecule has 6 aliphatic carbocycles. The lowest BCUT2D eigenvalue weighted by atomic mass is 9.70. The summed E-state index contributed by atoms with van der Waals surface area (Å²) in [5.74, 6) is 1.93. The van der Waals surface area contributed by atoms with Crippen molar-refractivity contribution in [3.8, 4) is 0 Å². The zero-order chi connectivity index (χ0) is 34.7. The average Bonchev–Trinajstić information content (AvgIpc) is 3.63. The molecular formula is C38H62Br2O6. The van der Waals surface area contributed by atoms with E-state index in [-0.39, 0.29) is 57.3 Å². The van der Waals surface area contributed by atoms with E-state index in [1.54, 1.807) is 0 Å². The van der Waals surface area contributed by atoms with Crippen molar-refractivity contribution in [1.29, 1.82) is 0 Å². The molecule has 6 rings (SSSR count). The fraction of sp³-hybridized carbons (Fsp3) is 0.921. The van der Waals surface area contributed by atoms with Gasteiger partial charge in [-0.25, -0.2) is 0 Å². The smallest absolute Gasteiger partial charge is 0.319 e. The van der Waals surface area contributed by atoms with E-state index >= 15 is 0 Å². The Balaban J connectivity index is 0.000000157. The third kappa shape index (κ3) is 6.17. The molecule has 0 amide bonds. The van der Waals surface area contributed by atoms with Crippen LogP contribution in [0.2, 0.25) is 0 Å². The Morgan fingerprint density at radius 1 is 0.630 bits per heavy atom. The van der Waals surface area contributed by atoms with Gasteiger partial charge in [-0.1, -0.05) is 101 Å². The van der Waals surface area contributed by atoms with Gasteiger partial charge in [0.15, 0.2) is 0 Å². The molecule has 0 heterocycles. The quantitative estimate of drug-likeness (QED) is 0.152. The van der Waals surface area contributed by atoms with Crippen LogP contribution in [0.25, 0.3) is 0 Å². The van der Waals surface area contributed by atoms with Gasteiger partial charge in [0.2, 0.25) is 0 Å². The molecule has 6 nitrogen and oxygen atoms in total. The second kappa shape index (κ2) is 13.2. The number of fused-ring (bicyclic) bond motifs is 6. The number of ether oxygens (including phenoxy) is 3. The molecule has 264 valence electrons. The molecule has 0 saturated heterocycles. The number of carbonyl (C=O) groups excluding carboxylic acids is 3. The number of hydrogen-bond donors (Lipinski definition) is 0. The van der Waals surface area contributed by atoms with E-state index in [9.17, 15) is 14.4 Å². The first-order valence-electron chi connectivity index (χ1n) is 17.9. The highest BCUT2D eigenvalue weighted by atomic mass is 79.9. The van der Waals surface area contributed by atoms with Crippen LogP contribution in [0.4, 0.5) is 0 Å². The lowest BCUT2D eigenvalue weighted by Gasteiger charge is -2.38. The molecule has 6 fully saturated rings. The molecule has 8 heteroatoms. The molecule has 0 aromatic carbocycles. The van der Waals surface area contributed by atoms with Crippen LogP contribution < -0.4 is 0 Å². The Bertz CT molecular complexity index is 1110. The molecule has 10 atom stereocenters. The van der Waals surface area contributed by atoms with Crippen LogP contribution in [0.1, 0.15) is 140 Å². The van der Waals surface area contributed by atoms with E-state index in [4.69, 9.17) is 14.2 Å². The summed E-state index contributed by atoms with van der Waals surface area (Å²) < 4.78 is 16.8. The maximum absolute atomic E-state index is 11.7. The van der Waals surface area contributed by atoms with Crippen molar-refractivity contribution in [1.82, 2.24) is 0 Å². The van der Waals surface area contributed by atoms with Crippen LogP contribution >= 0.6 is 31.9 Å². The predicted molar refractivity (Wildman–Crippen MR) is 190 cm³/mol. The van der Waals surface area contributed by atoms with Gasteiger partial charge < -0.3 is 14.2 Å². The molecular weight excluding hydrogens is 712 g/mol. The van der Waals surface area contributed by atoms with Crippen molar-refractivity contribution in [2.45, 2.75) is 164 Å². The number of halogens is 2. The van der Waals surface area contributed by atoms with Crippen molar-refractivity contribution in [2.24, 2.45) is 50.2 Å². The monoisotopic (exact) mass is 772 g/mol. The maximum Gasteiger partial charge on any atom is 0.319 e. The van der Waals surface area contributed by atoms with E-state index in [1.165, 1.54) is 38.5 Å². The van der Waals surface area contributed by atoms with Crippen LogP contribution in [0, 0.1) is 50.2 Å². The Labute approximate surface area is 296 Å². The highest BCUT2D eigenvalue weighted by Gasteiger charge is 2.64. The van der Waals surface area contributed by atoms with E-state index in [0.29, 0.717) is 28.0 Å². The summed E-state index contributed by atoms with van der Waals surface area (Å²) in [6, 6.07) is 0. The van der Waals surface area contributed by atoms with E-state index in [0.717, 1.165) is 37.0 Å². The first kappa shape index (κ1) is 38.2. The molecule has 0 spiro atoms. The summed E-state index contributed by atoms with van der Waals surface area (Å²) in [7, 11) is 0. The second-order valence-corrected chi connectivity index (χ2v) is 19.8. The molecule has 6 saturated carbocycles. The number of hydrogen-bond acceptors (Lipinski definition) is 6. The summed E-state index contributed by atoms with van der Waals surface area (Å²) in [4.78, 5) is 34.2. The van der Waals surface area contributed by atoms with Crippen LogP contribution in [-0.4, -0.2) is 46.4 Å². The SMILES string of the molecule is CC(Br)C(=O)OC1CC2CCC1(C)C2(C)C.CC1(C)C2CCC1(C)C(OC(=O)CBr)C2.CCC(=O)OC1CC2CCC1(C)C2(C)C. The summed E-state index contributed by atoms with van der Waals surface area (Å²) in [5.41, 5.74) is 1.55. The molecule has 46 heavy (non-hydrogen) atoms. The van der Waals surface area contributed by atoms with Gasteiger partial charge in [-0.15, -0.1) is 0 Å². The van der Waals surface area contributed by atoms with Crippen LogP contribution in [0.3, 0.4) is 0 Å². The van der Waals surface area contributed by atoms with E-state index in [1.807, 2.05) is 13.8 Å². The van der Waals surface area contributed by atoms with Crippen molar-refractivity contribution in [3.05, 3.63) is 0 Å². The van der Waals surface area contributed by atoms with Gasteiger partial charge in [0.05, 0.1) is 0 Å². The summed E-state index contributed by atoms with van der Waals surface area (Å²) in [6.07, 6.45) is 11.6. The summed E-state index contributed by atoms with van der Waals surface area (Å²) >= 11 is 6.42. The second-order valence-electron chi connectivity index (χ2n) is 17.8. The number of alkyl halides is 2. The fourth-order valence-corrected chi connectivity index (χ4v) is 10.8. The number of esters is 3. The largest absolute Gasteiger partial charge is 0.462 e. The van der Waals surface area contributed by atoms with Gasteiger partial charge in [-0.2, -0.15) is 0 Å². The third-order valence-electron chi connectivity index (χ3n) is 15.7. The molecule has 10 unspecified atom stereocenters. The minimum absolute atomic E-state index is 0.0374. The van der Waals surface area contributed by atoms with Crippen LogP contribution in [0.15, 0.2) is 0 Å². The van der Waals surface area contributed by atoms with Crippen molar-refractivity contribution in [3.63, 3.8) is 0 Å². The Hall–Kier alpha value is -0.630. The highest BCUT2D eigenvalue weighted by Crippen LogP contribution is 2.68. The summed E-state index contributed by atoms with van der Waals surface area (Å²) in [5, 5.41) is 0.310. The zero-order valence-corrected chi connectivity index (χ0v) is 33.7. The molecule has 6 aliphatic rings. The van der Waals surface area contributed by atoms with Crippen molar-refractivity contribution < 1.29 is 28.6 Å². The number of rotatable bonds is 6. The first-order chi connectivity index (χ1) is 21.1. The van der Waals surface area contributed by atoms with Crippen LogP contribution in [0.5, 0.6) is 0 Å². The van der Waals surface area contributed by atoms with Crippen LogP contribution in [-0.2, 0) is 28.6 Å². The highest BCUT2D eigenvalue weighted by molar-refractivity contribution is 9.10. The topological polar surface area (TPSA) is 78.9 Å². The Morgan fingerprint density at radius 2 is 0.957 bits per heavy atom. The van der Waals surface area contributed by atoms with Gasteiger partial charge in [-0.3, -0.25) is 14.4 Å². The molecule has 0 N–H and O–H groups in total.